The molecule has 0 aliphatic rings. The Hall–Kier alpha value is -2.56. The number of ether oxygens (including phenoxy) is 1. The molecule has 0 spiro atoms. The Morgan fingerprint density at radius 3 is 2.26 bits per heavy atom. The molecule has 5 heteroatoms. The molecule has 1 N–H and O–H groups in total. The number of aryl methyl sites for hydroxylation is 1. The summed E-state index contributed by atoms with van der Waals surface area (Å²) in [7, 11) is 0. The lowest BCUT2D eigenvalue weighted by Crippen LogP contribution is -2.15. The number of carboxylic acids is 1. The van der Waals surface area contributed by atoms with Crippen molar-refractivity contribution in [1.82, 2.24) is 4.57 Å². The quantitative estimate of drug-likeness (QED) is 0.859. The lowest BCUT2D eigenvalue weighted by Gasteiger charge is -2.12. The van der Waals surface area contributed by atoms with E-state index >= 15 is 0 Å². The minimum absolute atomic E-state index is 0.167. The topological polar surface area (TPSA) is 68.5 Å². The summed E-state index contributed by atoms with van der Waals surface area (Å²) < 4.78 is 6.83. The second-order valence-corrected chi connectivity index (χ2v) is 5.53. The first-order valence-corrected chi connectivity index (χ1v) is 7.52. The fourth-order valence-corrected chi connectivity index (χ4v) is 2.75. The summed E-state index contributed by atoms with van der Waals surface area (Å²) in [6, 6.07) is 7.92. The van der Waals surface area contributed by atoms with Crippen molar-refractivity contribution in [1.29, 1.82) is 0 Å². The second-order valence-electron chi connectivity index (χ2n) is 5.53. The summed E-state index contributed by atoms with van der Waals surface area (Å²) in [6.07, 6.45) is 0. The van der Waals surface area contributed by atoms with Crippen LogP contribution in [0.3, 0.4) is 0 Å². The van der Waals surface area contributed by atoms with E-state index in [2.05, 4.69) is 0 Å². The Balaban J connectivity index is 2.55. The smallest absolute Gasteiger partial charge is 0.355 e. The standard InChI is InChI=1S/C18H21NO4/c1-5-23-18(22)16-12(3)15(17(20)21)13(4)19(16)10-14-8-6-11(2)7-9-14/h6-9H,5,10H2,1-4H3,(H,20,21). The number of esters is 1. The van der Waals surface area contributed by atoms with Gasteiger partial charge < -0.3 is 14.4 Å². The lowest BCUT2D eigenvalue weighted by molar-refractivity contribution is 0.0513. The molecule has 23 heavy (non-hydrogen) atoms. The van der Waals surface area contributed by atoms with Crippen molar-refractivity contribution in [3.8, 4) is 0 Å². The van der Waals surface area contributed by atoms with Crippen LogP contribution >= 0.6 is 0 Å². The number of aromatic nitrogens is 1. The summed E-state index contributed by atoms with van der Waals surface area (Å²) in [4.78, 5) is 23.8. The molecule has 0 radical (unpaired) electrons. The van der Waals surface area contributed by atoms with E-state index in [1.54, 1.807) is 25.3 Å². The van der Waals surface area contributed by atoms with Gasteiger partial charge in [0.25, 0.3) is 0 Å². The number of aromatic carboxylic acids is 1. The van der Waals surface area contributed by atoms with Crippen LogP contribution in [-0.4, -0.2) is 28.2 Å². The molecule has 2 rings (SSSR count). The summed E-state index contributed by atoms with van der Waals surface area (Å²) in [6.45, 7) is 7.76. The van der Waals surface area contributed by atoms with Crippen molar-refractivity contribution in [3.63, 3.8) is 0 Å². The molecule has 1 aromatic heterocycles. The normalized spacial score (nSPS) is 10.6. The van der Waals surface area contributed by atoms with Gasteiger partial charge in [0, 0.05) is 12.2 Å². The number of hydrogen-bond donors (Lipinski definition) is 1. The minimum Gasteiger partial charge on any atom is -0.478 e. The van der Waals surface area contributed by atoms with Crippen LogP contribution in [0.1, 0.15) is 50.2 Å². The van der Waals surface area contributed by atoms with Crippen LogP contribution in [0.15, 0.2) is 24.3 Å². The fourth-order valence-electron chi connectivity index (χ4n) is 2.75. The van der Waals surface area contributed by atoms with E-state index in [0.29, 0.717) is 23.5 Å². The molecule has 1 aromatic carbocycles. The zero-order chi connectivity index (χ0) is 17.1. The van der Waals surface area contributed by atoms with Crippen molar-refractivity contribution in [2.75, 3.05) is 6.61 Å². The first-order valence-electron chi connectivity index (χ1n) is 7.52. The van der Waals surface area contributed by atoms with Gasteiger partial charge in [-0.15, -0.1) is 0 Å². The molecule has 0 aliphatic heterocycles. The number of carbonyl (C=O) groups excluding carboxylic acids is 1. The van der Waals surface area contributed by atoms with Gasteiger partial charge >= 0.3 is 11.9 Å². The molecule has 0 bridgehead atoms. The first-order chi connectivity index (χ1) is 10.9. The molecule has 0 atom stereocenters. The predicted octanol–water partition coefficient (Wildman–Crippen LogP) is 3.34. The van der Waals surface area contributed by atoms with E-state index in [-0.39, 0.29) is 12.2 Å². The van der Waals surface area contributed by atoms with Gasteiger partial charge in [-0.1, -0.05) is 29.8 Å². The third-order valence-corrected chi connectivity index (χ3v) is 3.91. The van der Waals surface area contributed by atoms with Crippen LogP contribution < -0.4 is 0 Å². The van der Waals surface area contributed by atoms with Gasteiger partial charge in [0.1, 0.15) is 5.69 Å². The molecule has 2 aromatic rings. The van der Waals surface area contributed by atoms with Gasteiger partial charge in [-0.25, -0.2) is 9.59 Å². The molecule has 0 saturated carbocycles. The van der Waals surface area contributed by atoms with Crippen LogP contribution in [0.5, 0.6) is 0 Å². The Morgan fingerprint density at radius 2 is 1.74 bits per heavy atom. The summed E-state index contributed by atoms with van der Waals surface area (Å²) in [5, 5.41) is 9.43. The van der Waals surface area contributed by atoms with Gasteiger partial charge in [0.05, 0.1) is 12.2 Å². The van der Waals surface area contributed by atoms with E-state index in [1.165, 1.54) is 0 Å². The third kappa shape index (κ3) is 3.28. The Kier molecular flexibility index (Phi) is 4.89. The SMILES string of the molecule is CCOC(=O)c1c(C)c(C(=O)O)c(C)n1Cc1ccc(C)cc1. The Labute approximate surface area is 135 Å². The maximum atomic E-state index is 12.3. The van der Waals surface area contributed by atoms with E-state index in [1.807, 2.05) is 31.2 Å². The lowest BCUT2D eigenvalue weighted by atomic mass is 10.1. The van der Waals surface area contributed by atoms with Gasteiger partial charge in [-0.2, -0.15) is 0 Å². The van der Waals surface area contributed by atoms with Gasteiger partial charge in [0.15, 0.2) is 0 Å². The first kappa shape index (κ1) is 16.8. The van der Waals surface area contributed by atoms with Crippen molar-refractivity contribution in [2.45, 2.75) is 34.2 Å². The molecule has 0 unspecified atom stereocenters. The number of carbonyl (C=O) groups is 2. The van der Waals surface area contributed by atoms with Gasteiger partial charge in [-0.3, -0.25) is 0 Å². The molecule has 122 valence electrons. The largest absolute Gasteiger partial charge is 0.478 e. The number of nitrogens with zero attached hydrogens (tertiary/aromatic N) is 1. The monoisotopic (exact) mass is 315 g/mol. The molecule has 5 nitrogen and oxygen atoms in total. The molecule has 0 amide bonds. The molecule has 0 fully saturated rings. The van der Waals surface area contributed by atoms with E-state index in [0.717, 1.165) is 11.1 Å². The molecule has 0 saturated heterocycles. The van der Waals surface area contributed by atoms with Crippen LogP contribution in [0.4, 0.5) is 0 Å². The summed E-state index contributed by atoms with van der Waals surface area (Å²) in [5.41, 5.74) is 3.61. The highest BCUT2D eigenvalue weighted by atomic mass is 16.5. The fraction of sp³-hybridized carbons (Fsp3) is 0.333. The van der Waals surface area contributed by atoms with Crippen molar-refractivity contribution in [3.05, 3.63) is 57.9 Å². The number of carboxylic acid groups (broad SMARTS) is 1. The average Bonchev–Trinajstić information content (AvgIpc) is 2.72. The highest BCUT2D eigenvalue weighted by molar-refractivity contribution is 5.98. The highest BCUT2D eigenvalue weighted by Crippen LogP contribution is 2.24. The molecule has 0 aliphatic carbocycles. The van der Waals surface area contributed by atoms with Crippen LogP contribution in [0.2, 0.25) is 0 Å². The predicted molar refractivity (Wildman–Crippen MR) is 87.1 cm³/mol. The van der Waals surface area contributed by atoms with Gasteiger partial charge in [0.2, 0.25) is 0 Å². The zero-order valence-corrected chi connectivity index (χ0v) is 13.8. The number of hydrogen-bond acceptors (Lipinski definition) is 3. The maximum Gasteiger partial charge on any atom is 0.355 e. The number of benzene rings is 1. The van der Waals surface area contributed by atoms with E-state index in [9.17, 15) is 14.7 Å². The van der Waals surface area contributed by atoms with Crippen LogP contribution in [-0.2, 0) is 11.3 Å². The van der Waals surface area contributed by atoms with Crippen molar-refractivity contribution in [2.24, 2.45) is 0 Å². The average molecular weight is 315 g/mol. The minimum atomic E-state index is -1.03. The summed E-state index contributed by atoms with van der Waals surface area (Å²) >= 11 is 0. The zero-order valence-electron chi connectivity index (χ0n) is 13.8. The second kappa shape index (κ2) is 6.69. The Bertz CT molecular complexity index is 741. The van der Waals surface area contributed by atoms with Gasteiger partial charge in [-0.05, 0) is 38.8 Å². The molecule has 1 heterocycles. The van der Waals surface area contributed by atoms with Crippen molar-refractivity contribution < 1.29 is 19.4 Å². The van der Waals surface area contributed by atoms with Crippen molar-refractivity contribution >= 4 is 11.9 Å². The van der Waals surface area contributed by atoms with Crippen LogP contribution in [0.25, 0.3) is 0 Å². The molecular weight excluding hydrogens is 294 g/mol. The third-order valence-electron chi connectivity index (χ3n) is 3.91. The Morgan fingerprint density at radius 1 is 1.13 bits per heavy atom. The molecular formula is C18H21NO4. The maximum absolute atomic E-state index is 12.3. The summed E-state index contributed by atoms with van der Waals surface area (Å²) in [5.74, 6) is -1.53. The highest BCUT2D eigenvalue weighted by Gasteiger charge is 2.26. The van der Waals surface area contributed by atoms with E-state index in [4.69, 9.17) is 4.74 Å². The van der Waals surface area contributed by atoms with Crippen LogP contribution in [0, 0.1) is 20.8 Å². The number of rotatable bonds is 5. The van der Waals surface area contributed by atoms with E-state index < -0.39 is 11.9 Å².